The van der Waals surface area contributed by atoms with Crippen molar-refractivity contribution in [3.63, 3.8) is 0 Å². The van der Waals surface area contributed by atoms with Crippen molar-refractivity contribution in [2.45, 2.75) is 46.4 Å². The summed E-state index contributed by atoms with van der Waals surface area (Å²) in [5, 5.41) is 6.54. The molecule has 108 valence electrons. The molecule has 0 saturated carbocycles. The Morgan fingerprint density at radius 1 is 1.25 bits per heavy atom. The van der Waals surface area contributed by atoms with Gasteiger partial charge < -0.3 is 10.1 Å². The van der Waals surface area contributed by atoms with Gasteiger partial charge in [-0.1, -0.05) is 26.0 Å². The van der Waals surface area contributed by atoms with Crippen LogP contribution in [0.4, 0.5) is 0 Å². The fraction of sp³-hybridized carbons (Fsp3) is 0.438. The number of ether oxygens (including phenoxy) is 1. The maximum absolute atomic E-state index is 5.73. The Morgan fingerprint density at radius 3 is 2.75 bits per heavy atom. The summed E-state index contributed by atoms with van der Waals surface area (Å²) < 4.78 is 5.73. The van der Waals surface area contributed by atoms with Gasteiger partial charge in [-0.3, -0.25) is 0 Å². The molecule has 4 heteroatoms. The first kappa shape index (κ1) is 15.0. The minimum Gasteiger partial charge on any atom is -0.491 e. The van der Waals surface area contributed by atoms with Crippen LogP contribution >= 0.6 is 11.3 Å². The smallest absolute Gasteiger partial charge is 0.123 e. The van der Waals surface area contributed by atoms with Crippen LogP contribution in [0, 0.1) is 0 Å². The zero-order valence-corrected chi connectivity index (χ0v) is 13.3. The summed E-state index contributed by atoms with van der Waals surface area (Å²) in [5.41, 5.74) is 2.21. The number of aromatic nitrogens is 1. The molecule has 20 heavy (non-hydrogen) atoms. The Kier molecular flexibility index (Phi) is 5.15. The summed E-state index contributed by atoms with van der Waals surface area (Å²) in [5.74, 6) is 0.898. The predicted octanol–water partition coefficient (Wildman–Crippen LogP) is 4.10. The maximum atomic E-state index is 5.73. The van der Waals surface area contributed by atoms with E-state index in [-0.39, 0.29) is 6.10 Å². The zero-order valence-electron chi connectivity index (χ0n) is 12.5. The molecule has 0 atom stereocenters. The first-order valence-corrected chi connectivity index (χ1v) is 7.87. The van der Waals surface area contributed by atoms with Gasteiger partial charge in [-0.15, -0.1) is 11.3 Å². The molecule has 1 heterocycles. The van der Waals surface area contributed by atoms with E-state index >= 15 is 0 Å². The molecule has 1 N–H and O–H groups in total. The first-order chi connectivity index (χ1) is 9.54. The van der Waals surface area contributed by atoms with Crippen LogP contribution in [0.25, 0.3) is 10.6 Å². The van der Waals surface area contributed by atoms with Crippen molar-refractivity contribution in [2.75, 3.05) is 0 Å². The van der Waals surface area contributed by atoms with Crippen molar-refractivity contribution < 1.29 is 4.74 Å². The molecule has 0 aliphatic heterocycles. The summed E-state index contributed by atoms with van der Waals surface area (Å²) in [4.78, 5) is 4.67. The van der Waals surface area contributed by atoms with E-state index in [0.29, 0.717) is 6.04 Å². The number of nitrogens with one attached hydrogen (secondary N) is 1. The normalized spacial score (nSPS) is 11.3. The quantitative estimate of drug-likeness (QED) is 0.870. The lowest BCUT2D eigenvalue weighted by atomic mass is 10.2. The monoisotopic (exact) mass is 290 g/mol. The molecule has 0 fully saturated rings. The van der Waals surface area contributed by atoms with Crippen LogP contribution in [0.3, 0.4) is 0 Å². The topological polar surface area (TPSA) is 34.1 Å². The molecule has 0 unspecified atom stereocenters. The van der Waals surface area contributed by atoms with Crippen LogP contribution in [-0.2, 0) is 6.54 Å². The van der Waals surface area contributed by atoms with Gasteiger partial charge in [0.25, 0.3) is 0 Å². The largest absolute Gasteiger partial charge is 0.491 e. The van der Waals surface area contributed by atoms with Crippen molar-refractivity contribution in [3.05, 3.63) is 35.3 Å². The molecule has 0 amide bonds. The van der Waals surface area contributed by atoms with Gasteiger partial charge in [0, 0.05) is 23.5 Å². The predicted molar refractivity (Wildman–Crippen MR) is 85.3 cm³/mol. The lowest BCUT2D eigenvalue weighted by Gasteiger charge is -2.10. The molecule has 2 rings (SSSR count). The number of hydrogen-bond acceptors (Lipinski definition) is 4. The van der Waals surface area contributed by atoms with Gasteiger partial charge in [0.15, 0.2) is 0 Å². The summed E-state index contributed by atoms with van der Waals surface area (Å²) in [6.45, 7) is 9.16. The maximum Gasteiger partial charge on any atom is 0.123 e. The first-order valence-electron chi connectivity index (χ1n) is 6.99. The highest BCUT2D eigenvalue weighted by molar-refractivity contribution is 7.13. The summed E-state index contributed by atoms with van der Waals surface area (Å²) in [7, 11) is 0. The molecule has 0 radical (unpaired) electrons. The molecule has 2 aromatic rings. The second-order valence-corrected chi connectivity index (χ2v) is 6.23. The van der Waals surface area contributed by atoms with Crippen LogP contribution in [0.5, 0.6) is 5.75 Å². The molecule has 0 spiro atoms. The lowest BCUT2D eigenvalue weighted by Crippen LogP contribution is -2.21. The highest BCUT2D eigenvalue weighted by Crippen LogP contribution is 2.27. The average Bonchev–Trinajstić information content (AvgIpc) is 2.84. The highest BCUT2D eigenvalue weighted by Gasteiger charge is 2.07. The third-order valence-electron chi connectivity index (χ3n) is 2.70. The Bertz CT molecular complexity index is 549. The SMILES string of the molecule is CC(C)NCc1csc(-c2cccc(OC(C)C)c2)n1. The third kappa shape index (κ3) is 4.32. The Labute approximate surface area is 125 Å². The van der Waals surface area contributed by atoms with Gasteiger partial charge in [0.2, 0.25) is 0 Å². The van der Waals surface area contributed by atoms with Gasteiger partial charge in [0.1, 0.15) is 10.8 Å². The molecular formula is C16H22N2OS. The van der Waals surface area contributed by atoms with E-state index in [1.54, 1.807) is 11.3 Å². The summed E-state index contributed by atoms with van der Waals surface area (Å²) >= 11 is 1.68. The lowest BCUT2D eigenvalue weighted by molar-refractivity contribution is 0.242. The van der Waals surface area contributed by atoms with E-state index in [0.717, 1.165) is 28.6 Å². The van der Waals surface area contributed by atoms with E-state index in [2.05, 4.69) is 41.7 Å². The molecule has 1 aromatic carbocycles. The van der Waals surface area contributed by atoms with E-state index < -0.39 is 0 Å². The molecule has 0 saturated heterocycles. The Hall–Kier alpha value is -1.39. The standard InChI is InChI=1S/C16H22N2OS/c1-11(2)17-9-14-10-20-16(18-14)13-6-5-7-15(8-13)19-12(3)4/h5-8,10-12,17H,9H2,1-4H3. The number of rotatable bonds is 6. The van der Waals surface area contributed by atoms with Crippen LogP contribution in [0.1, 0.15) is 33.4 Å². The van der Waals surface area contributed by atoms with Crippen LogP contribution < -0.4 is 10.1 Å². The Balaban J connectivity index is 2.11. The van der Waals surface area contributed by atoms with Gasteiger partial charge in [-0.2, -0.15) is 0 Å². The van der Waals surface area contributed by atoms with Gasteiger partial charge in [0.05, 0.1) is 11.8 Å². The Morgan fingerprint density at radius 2 is 2.05 bits per heavy atom. The molecule has 0 aliphatic rings. The number of hydrogen-bond donors (Lipinski definition) is 1. The number of nitrogens with zero attached hydrogens (tertiary/aromatic N) is 1. The van der Waals surface area contributed by atoms with Gasteiger partial charge in [-0.25, -0.2) is 4.98 Å². The van der Waals surface area contributed by atoms with Crippen molar-refractivity contribution in [3.8, 4) is 16.3 Å². The van der Waals surface area contributed by atoms with E-state index in [1.807, 2.05) is 26.0 Å². The highest BCUT2D eigenvalue weighted by atomic mass is 32.1. The second-order valence-electron chi connectivity index (χ2n) is 5.37. The minimum absolute atomic E-state index is 0.187. The fourth-order valence-electron chi connectivity index (χ4n) is 1.80. The van der Waals surface area contributed by atoms with Crippen molar-refractivity contribution >= 4 is 11.3 Å². The minimum atomic E-state index is 0.187. The third-order valence-corrected chi connectivity index (χ3v) is 3.64. The molecule has 1 aromatic heterocycles. The van der Waals surface area contributed by atoms with E-state index in [9.17, 15) is 0 Å². The molecular weight excluding hydrogens is 268 g/mol. The van der Waals surface area contributed by atoms with Crippen molar-refractivity contribution in [1.82, 2.24) is 10.3 Å². The van der Waals surface area contributed by atoms with E-state index in [1.165, 1.54) is 0 Å². The van der Waals surface area contributed by atoms with Crippen LogP contribution in [0.2, 0.25) is 0 Å². The molecule has 0 bridgehead atoms. The number of benzene rings is 1. The van der Waals surface area contributed by atoms with Crippen molar-refractivity contribution in [2.24, 2.45) is 0 Å². The molecule has 3 nitrogen and oxygen atoms in total. The molecule has 0 aliphatic carbocycles. The van der Waals surface area contributed by atoms with Gasteiger partial charge in [-0.05, 0) is 26.0 Å². The summed E-state index contributed by atoms with van der Waals surface area (Å²) in [6, 6.07) is 8.60. The fourth-order valence-corrected chi connectivity index (χ4v) is 2.62. The zero-order chi connectivity index (χ0) is 14.5. The summed E-state index contributed by atoms with van der Waals surface area (Å²) in [6.07, 6.45) is 0.187. The van der Waals surface area contributed by atoms with Crippen LogP contribution in [0.15, 0.2) is 29.6 Å². The second kappa shape index (κ2) is 6.86. The van der Waals surface area contributed by atoms with E-state index in [4.69, 9.17) is 4.74 Å². The van der Waals surface area contributed by atoms with Crippen molar-refractivity contribution in [1.29, 1.82) is 0 Å². The average molecular weight is 290 g/mol. The number of thiazole rings is 1. The van der Waals surface area contributed by atoms with Gasteiger partial charge >= 0.3 is 0 Å². The van der Waals surface area contributed by atoms with Crippen LogP contribution in [-0.4, -0.2) is 17.1 Å².